The van der Waals surface area contributed by atoms with E-state index in [4.69, 9.17) is 4.84 Å². The summed E-state index contributed by atoms with van der Waals surface area (Å²) in [5.41, 5.74) is 1.43. The minimum Gasteiger partial charge on any atom is -0.367 e. The molecule has 0 radical (unpaired) electrons. The number of hydrogen-bond acceptors (Lipinski definition) is 3. The molecule has 4 nitrogen and oxygen atoms in total. The summed E-state index contributed by atoms with van der Waals surface area (Å²) in [6.07, 6.45) is 0.487. The van der Waals surface area contributed by atoms with Crippen LogP contribution in [0.15, 0.2) is 35.5 Å². The quantitative estimate of drug-likeness (QED) is 0.821. The van der Waals surface area contributed by atoms with E-state index >= 15 is 0 Å². The van der Waals surface area contributed by atoms with Crippen LogP contribution in [0.5, 0.6) is 0 Å². The molecule has 0 bridgehead atoms. The summed E-state index contributed by atoms with van der Waals surface area (Å²) >= 11 is 0. The van der Waals surface area contributed by atoms with Gasteiger partial charge in [0.15, 0.2) is 0 Å². The van der Waals surface area contributed by atoms with Crippen LogP contribution in [-0.2, 0) is 9.63 Å². The second-order valence-electron chi connectivity index (χ2n) is 5.18. The Morgan fingerprint density at radius 3 is 2.83 bits per heavy atom. The lowest BCUT2D eigenvalue weighted by Crippen LogP contribution is -2.58. The van der Waals surface area contributed by atoms with E-state index < -0.39 is 5.72 Å². The van der Waals surface area contributed by atoms with Crippen LogP contribution < -0.4 is 5.32 Å². The molecule has 1 amide bonds. The Morgan fingerprint density at radius 1 is 1.39 bits per heavy atom. The number of amides is 1. The normalized spacial score (nSPS) is 34.3. The largest absolute Gasteiger partial charge is 0.367 e. The lowest BCUT2D eigenvalue weighted by Gasteiger charge is -2.39. The van der Waals surface area contributed by atoms with Crippen molar-refractivity contribution in [3.05, 3.63) is 35.9 Å². The third-order valence-corrected chi connectivity index (χ3v) is 3.85. The number of rotatable bonds is 1. The van der Waals surface area contributed by atoms with Crippen LogP contribution >= 0.6 is 0 Å². The molecule has 1 saturated heterocycles. The lowest BCUT2D eigenvalue weighted by atomic mass is 9.73. The van der Waals surface area contributed by atoms with Crippen molar-refractivity contribution in [1.82, 2.24) is 5.32 Å². The first-order chi connectivity index (χ1) is 8.60. The molecule has 0 unspecified atom stereocenters. The van der Waals surface area contributed by atoms with Gasteiger partial charge in [-0.3, -0.25) is 4.79 Å². The van der Waals surface area contributed by atoms with Gasteiger partial charge in [0.05, 0.1) is 11.6 Å². The van der Waals surface area contributed by atoms with Crippen LogP contribution in [-0.4, -0.2) is 17.3 Å². The average molecular weight is 244 g/mol. The van der Waals surface area contributed by atoms with Gasteiger partial charge in [-0.2, -0.15) is 0 Å². The number of hydrogen-bond donors (Lipinski definition) is 1. The number of oxime groups is 1. The topological polar surface area (TPSA) is 50.7 Å². The predicted molar refractivity (Wildman–Crippen MR) is 68.0 cm³/mol. The number of carbonyl (C=O) groups is 1. The fourth-order valence-corrected chi connectivity index (χ4v) is 3.11. The Kier molecular flexibility index (Phi) is 2.40. The van der Waals surface area contributed by atoms with Crippen molar-refractivity contribution < 1.29 is 9.63 Å². The Bertz CT molecular complexity index is 512. The van der Waals surface area contributed by atoms with Gasteiger partial charge in [-0.25, -0.2) is 0 Å². The Morgan fingerprint density at radius 2 is 2.11 bits per heavy atom. The molecule has 1 fully saturated rings. The highest BCUT2D eigenvalue weighted by molar-refractivity contribution is 5.91. The first-order valence-electron chi connectivity index (χ1n) is 6.19. The molecule has 3 rings (SSSR count). The lowest BCUT2D eigenvalue weighted by molar-refractivity contribution is -0.141. The Hall–Kier alpha value is -1.84. The number of piperidine rings is 1. The van der Waals surface area contributed by atoms with Crippen molar-refractivity contribution in [2.24, 2.45) is 11.1 Å². The standard InChI is InChI=1S/C14H16N2O2/c1-9-13-11(10-6-4-3-5-7-10)8-12(17)15-14(13,2)18-16-9/h3-7,11,13H,8H2,1-2H3,(H,15,17)/t11-,13-,14-/m1/s1. The van der Waals surface area contributed by atoms with Gasteiger partial charge in [-0.05, 0) is 19.4 Å². The van der Waals surface area contributed by atoms with Gasteiger partial charge < -0.3 is 10.2 Å². The van der Waals surface area contributed by atoms with Crippen molar-refractivity contribution in [2.75, 3.05) is 0 Å². The number of carbonyl (C=O) groups excluding carboxylic acids is 1. The summed E-state index contributed by atoms with van der Waals surface area (Å²) in [7, 11) is 0. The molecule has 2 heterocycles. The zero-order valence-electron chi connectivity index (χ0n) is 10.5. The molecule has 18 heavy (non-hydrogen) atoms. The highest BCUT2D eigenvalue weighted by Gasteiger charge is 2.52. The van der Waals surface area contributed by atoms with Gasteiger partial charge in [-0.15, -0.1) is 0 Å². The van der Waals surface area contributed by atoms with Gasteiger partial charge >= 0.3 is 0 Å². The SMILES string of the molecule is CC1=NO[C@@]2(C)NC(=O)C[C@H](c3ccccc3)[C@@H]12. The van der Waals surface area contributed by atoms with E-state index in [1.165, 1.54) is 5.56 Å². The third kappa shape index (κ3) is 1.60. The third-order valence-electron chi connectivity index (χ3n) is 3.85. The number of fused-ring (bicyclic) bond motifs is 1. The van der Waals surface area contributed by atoms with Crippen LogP contribution in [0.4, 0.5) is 0 Å². The van der Waals surface area contributed by atoms with Crippen molar-refractivity contribution in [3.8, 4) is 0 Å². The van der Waals surface area contributed by atoms with Crippen molar-refractivity contribution in [3.63, 3.8) is 0 Å². The highest BCUT2D eigenvalue weighted by atomic mass is 16.7. The van der Waals surface area contributed by atoms with Gasteiger partial charge in [0, 0.05) is 12.3 Å². The zero-order chi connectivity index (χ0) is 12.8. The van der Waals surface area contributed by atoms with Gasteiger partial charge in [0.1, 0.15) is 0 Å². The predicted octanol–water partition coefficient (Wildman–Crippen LogP) is 2.03. The van der Waals surface area contributed by atoms with Crippen LogP contribution in [0.3, 0.4) is 0 Å². The molecular weight excluding hydrogens is 228 g/mol. The molecule has 1 aromatic rings. The summed E-state index contributed by atoms with van der Waals surface area (Å²) < 4.78 is 0. The van der Waals surface area contributed by atoms with Gasteiger partial charge in [-0.1, -0.05) is 35.5 Å². The fraction of sp³-hybridized carbons (Fsp3) is 0.429. The van der Waals surface area contributed by atoms with Crippen LogP contribution in [0.2, 0.25) is 0 Å². The van der Waals surface area contributed by atoms with Gasteiger partial charge in [0.2, 0.25) is 11.6 Å². The van der Waals surface area contributed by atoms with E-state index in [1.807, 2.05) is 32.0 Å². The maximum absolute atomic E-state index is 11.9. The summed E-state index contributed by atoms with van der Waals surface area (Å²) in [6.45, 7) is 3.86. The minimum absolute atomic E-state index is 0.0208. The molecule has 0 saturated carbocycles. The maximum Gasteiger partial charge on any atom is 0.223 e. The van der Waals surface area contributed by atoms with E-state index in [2.05, 4.69) is 22.6 Å². The molecule has 1 aromatic carbocycles. The summed E-state index contributed by atoms with van der Waals surface area (Å²) in [5.74, 6) is 0.265. The van der Waals surface area contributed by atoms with E-state index in [-0.39, 0.29) is 17.7 Å². The van der Waals surface area contributed by atoms with Crippen molar-refractivity contribution in [2.45, 2.75) is 31.9 Å². The molecule has 0 aliphatic carbocycles. The molecule has 94 valence electrons. The van der Waals surface area contributed by atoms with E-state index in [9.17, 15) is 4.79 Å². The fourth-order valence-electron chi connectivity index (χ4n) is 3.11. The van der Waals surface area contributed by atoms with Crippen molar-refractivity contribution in [1.29, 1.82) is 0 Å². The monoisotopic (exact) mass is 244 g/mol. The van der Waals surface area contributed by atoms with Crippen molar-refractivity contribution >= 4 is 11.6 Å². The summed E-state index contributed by atoms with van der Waals surface area (Å²) in [4.78, 5) is 17.3. The Labute approximate surface area is 106 Å². The molecular formula is C14H16N2O2. The van der Waals surface area contributed by atoms with E-state index in [0.29, 0.717) is 6.42 Å². The molecule has 2 aliphatic rings. The maximum atomic E-state index is 11.9. The van der Waals surface area contributed by atoms with Gasteiger partial charge in [0.25, 0.3) is 0 Å². The number of benzene rings is 1. The molecule has 0 spiro atoms. The number of nitrogens with zero attached hydrogens (tertiary/aromatic N) is 1. The summed E-state index contributed by atoms with van der Waals surface area (Å²) in [5, 5.41) is 6.97. The second-order valence-corrected chi connectivity index (χ2v) is 5.18. The van der Waals surface area contributed by atoms with Crippen LogP contribution in [0, 0.1) is 5.92 Å². The smallest absolute Gasteiger partial charge is 0.223 e. The van der Waals surface area contributed by atoms with Crippen LogP contribution in [0.25, 0.3) is 0 Å². The molecule has 2 aliphatic heterocycles. The van der Waals surface area contributed by atoms with E-state index in [0.717, 1.165) is 5.71 Å². The molecule has 1 N–H and O–H groups in total. The zero-order valence-corrected chi connectivity index (χ0v) is 10.5. The summed E-state index contributed by atoms with van der Waals surface area (Å²) in [6, 6.07) is 10.1. The van der Waals surface area contributed by atoms with Crippen LogP contribution in [0.1, 0.15) is 31.7 Å². The minimum atomic E-state index is -0.695. The van der Waals surface area contributed by atoms with E-state index in [1.54, 1.807) is 0 Å². The molecule has 3 atom stereocenters. The molecule has 4 heteroatoms. The Balaban J connectivity index is 2.02. The number of nitrogens with one attached hydrogen (secondary N) is 1. The first kappa shape index (κ1) is 11.3. The first-order valence-corrected chi connectivity index (χ1v) is 6.19. The molecule has 0 aromatic heterocycles. The highest BCUT2D eigenvalue weighted by Crippen LogP contribution is 2.43. The second kappa shape index (κ2) is 3.83. The average Bonchev–Trinajstić information content (AvgIpc) is 2.65.